The van der Waals surface area contributed by atoms with Gasteiger partial charge in [0.1, 0.15) is 0 Å². The SMILES string of the molecule is C=C1CC(Nc2nccc(-c3cc4cccc(C(=O)NCCN(CC)CC)c4s3)n2)CC(C)(C)N1. The third-order valence-corrected chi connectivity index (χ3v) is 7.61. The summed E-state index contributed by atoms with van der Waals surface area (Å²) in [5.41, 5.74) is 2.57. The van der Waals surface area contributed by atoms with E-state index in [9.17, 15) is 4.79 Å². The highest BCUT2D eigenvalue weighted by molar-refractivity contribution is 7.22. The third kappa shape index (κ3) is 6.18. The molecule has 0 radical (unpaired) electrons. The van der Waals surface area contributed by atoms with Crippen molar-refractivity contribution in [2.45, 2.75) is 52.1 Å². The molecule has 0 aliphatic carbocycles. The molecule has 8 heteroatoms. The number of aromatic nitrogens is 2. The maximum atomic E-state index is 12.9. The number of nitrogens with zero attached hydrogens (tertiary/aromatic N) is 3. The predicted octanol–water partition coefficient (Wildman–Crippen LogP) is 4.89. The van der Waals surface area contributed by atoms with Gasteiger partial charge in [-0.05, 0) is 56.9 Å². The van der Waals surface area contributed by atoms with E-state index in [1.807, 2.05) is 24.3 Å². The normalized spacial score (nSPS) is 17.4. The van der Waals surface area contributed by atoms with Gasteiger partial charge in [0, 0.05) is 47.7 Å². The number of carbonyl (C=O) groups is 1. The number of nitrogens with one attached hydrogen (secondary N) is 3. The minimum Gasteiger partial charge on any atom is -0.384 e. The molecular formula is C27H36N6OS. The number of amides is 1. The van der Waals surface area contributed by atoms with Crippen LogP contribution in [0.15, 0.2) is 48.8 Å². The number of rotatable bonds is 9. The second kappa shape index (κ2) is 10.7. The molecule has 0 saturated carbocycles. The van der Waals surface area contributed by atoms with Gasteiger partial charge in [0.05, 0.1) is 16.1 Å². The Morgan fingerprint density at radius 1 is 1.29 bits per heavy atom. The van der Waals surface area contributed by atoms with Crippen molar-refractivity contribution in [3.8, 4) is 10.6 Å². The fourth-order valence-corrected chi connectivity index (χ4v) is 5.89. The number of benzene rings is 1. The van der Waals surface area contributed by atoms with E-state index >= 15 is 0 Å². The molecule has 4 rings (SSSR count). The van der Waals surface area contributed by atoms with E-state index in [1.165, 1.54) is 0 Å². The zero-order valence-corrected chi connectivity index (χ0v) is 22.0. The summed E-state index contributed by atoms with van der Waals surface area (Å²) >= 11 is 1.60. The molecule has 35 heavy (non-hydrogen) atoms. The molecule has 0 spiro atoms. The van der Waals surface area contributed by atoms with Crippen LogP contribution in [-0.2, 0) is 0 Å². The van der Waals surface area contributed by atoms with Crippen molar-refractivity contribution < 1.29 is 4.79 Å². The number of piperidine rings is 1. The lowest BCUT2D eigenvalue weighted by Gasteiger charge is -2.38. The third-order valence-electron chi connectivity index (χ3n) is 6.40. The van der Waals surface area contributed by atoms with E-state index in [4.69, 9.17) is 4.98 Å². The van der Waals surface area contributed by atoms with Crippen LogP contribution in [0.4, 0.5) is 5.95 Å². The van der Waals surface area contributed by atoms with Crippen molar-refractivity contribution in [1.29, 1.82) is 0 Å². The van der Waals surface area contributed by atoms with Crippen LogP contribution >= 0.6 is 11.3 Å². The smallest absolute Gasteiger partial charge is 0.252 e. The average molecular weight is 493 g/mol. The van der Waals surface area contributed by atoms with Crippen LogP contribution in [0.3, 0.4) is 0 Å². The Balaban J connectivity index is 1.51. The van der Waals surface area contributed by atoms with Crippen LogP contribution in [0.1, 0.15) is 50.9 Å². The lowest BCUT2D eigenvalue weighted by atomic mass is 9.88. The zero-order chi connectivity index (χ0) is 25.0. The van der Waals surface area contributed by atoms with Crippen molar-refractivity contribution >= 4 is 33.3 Å². The van der Waals surface area contributed by atoms with Crippen LogP contribution in [0.2, 0.25) is 0 Å². The van der Waals surface area contributed by atoms with E-state index in [0.29, 0.717) is 18.1 Å². The first kappa shape index (κ1) is 25.1. The van der Waals surface area contributed by atoms with Crippen LogP contribution < -0.4 is 16.0 Å². The van der Waals surface area contributed by atoms with Gasteiger partial charge in [0.2, 0.25) is 5.95 Å². The quantitative estimate of drug-likeness (QED) is 0.395. The van der Waals surface area contributed by atoms with Crippen LogP contribution in [-0.4, -0.2) is 58.5 Å². The monoisotopic (exact) mass is 492 g/mol. The molecule has 1 unspecified atom stereocenters. The first-order chi connectivity index (χ1) is 16.8. The first-order valence-corrected chi connectivity index (χ1v) is 13.2. The summed E-state index contributed by atoms with van der Waals surface area (Å²) in [5.74, 6) is 0.583. The van der Waals surface area contributed by atoms with Gasteiger partial charge in [-0.1, -0.05) is 32.6 Å². The number of thiophene rings is 1. The molecular weight excluding hydrogens is 456 g/mol. The number of carbonyl (C=O) groups excluding carboxylic acids is 1. The largest absolute Gasteiger partial charge is 0.384 e. The molecule has 3 heterocycles. The van der Waals surface area contributed by atoms with Gasteiger partial charge in [-0.15, -0.1) is 11.3 Å². The van der Waals surface area contributed by atoms with Crippen molar-refractivity contribution in [3.05, 3.63) is 54.4 Å². The molecule has 1 amide bonds. The van der Waals surface area contributed by atoms with Gasteiger partial charge in [-0.2, -0.15) is 0 Å². The van der Waals surface area contributed by atoms with Crippen LogP contribution in [0.5, 0.6) is 0 Å². The number of hydrogen-bond donors (Lipinski definition) is 3. The molecule has 186 valence electrons. The van der Waals surface area contributed by atoms with Gasteiger partial charge in [0.15, 0.2) is 0 Å². The molecule has 1 aromatic carbocycles. The van der Waals surface area contributed by atoms with Crippen molar-refractivity contribution in [2.75, 3.05) is 31.5 Å². The highest BCUT2D eigenvalue weighted by atomic mass is 32.1. The summed E-state index contributed by atoms with van der Waals surface area (Å²) in [6.07, 6.45) is 3.58. The number of hydrogen-bond acceptors (Lipinski definition) is 7. The van der Waals surface area contributed by atoms with E-state index in [-0.39, 0.29) is 17.5 Å². The average Bonchev–Trinajstić information content (AvgIpc) is 3.25. The topological polar surface area (TPSA) is 82.2 Å². The lowest BCUT2D eigenvalue weighted by Crippen LogP contribution is -2.48. The van der Waals surface area contributed by atoms with Gasteiger partial charge < -0.3 is 20.9 Å². The maximum Gasteiger partial charge on any atom is 0.252 e. The van der Waals surface area contributed by atoms with Gasteiger partial charge >= 0.3 is 0 Å². The summed E-state index contributed by atoms with van der Waals surface area (Å²) in [6.45, 7) is 16.2. The molecule has 7 nitrogen and oxygen atoms in total. The highest BCUT2D eigenvalue weighted by Gasteiger charge is 2.29. The summed E-state index contributed by atoms with van der Waals surface area (Å²) < 4.78 is 0.979. The van der Waals surface area contributed by atoms with Gasteiger partial charge in [0.25, 0.3) is 5.91 Å². The minimum atomic E-state index is -0.0325. The van der Waals surface area contributed by atoms with Crippen molar-refractivity contribution in [3.63, 3.8) is 0 Å². The van der Waals surface area contributed by atoms with E-state index in [2.05, 4.69) is 66.2 Å². The molecule has 0 bridgehead atoms. The summed E-state index contributed by atoms with van der Waals surface area (Å²) in [6, 6.07) is 10.1. The number of likely N-dealkylation sites (N-methyl/N-ethyl adjacent to an activating group) is 1. The Morgan fingerprint density at radius 3 is 2.83 bits per heavy atom. The molecule has 1 fully saturated rings. The Bertz CT molecular complexity index is 1200. The van der Waals surface area contributed by atoms with Crippen LogP contribution in [0.25, 0.3) is 20.7 Å². The summed E-state index contributed by atoms with van der Waals surface area (Å²) in [4.78, 5) is 25.5. The molecule has 2 aromatic heterocycles. The molecule has 1 aliphatic heterocycles. The predicted molar refractivity (Wildman–Crippen MR) is 146 cm³/mol. The second-order valence-corrected chi connectivity index (χ2v) is 10.8. The van der Waals surface area contributed by atoms with Crippen molar-refractivity contribution in [1.82, 2.24) is 25.5 Å². The summed E-state index contributed by atoms with van der Waals surface area (Å²) in [7, 11) is 0. The van der Waals surface area contributed by atoms with Gasteiger partial charge in [-0.3, -0.25) is 4.79 Å². The summed E-state index contributed by atoms with van der Waals surface area (Å²) in [5, 5.41) is 11.1. The highest BCUT2D eigenvalue weighted by Crippen LogP contribution is 2.35. The first-order valence-electron chi connectivity index (χ1n) is 12.4. The Labute approximate surface area is 212 Å². The standard InChI is InChI=1S/C27H36N6OS/c1-6-33(7-2)14-13-28-25(34)21-10-8-9-19-16-23(35-24(19)21)22-11-12-29-26(31-22)30-20-15-18(3)32-27(4,5)17-20/h8-12,16,20,32H,3,6-7,13-15,17H2,1-2,4-5H3,(H,28,34)(H,29,30,31). The zero-order valence-electron chi connectivity index (χ0n) is 21.1. The van der Waals surface area contributed by atoms with E-state index < -0.39 is 0 Å². The Hall–Kier alpha value is -2.97. The molecule has 1 atom stereocenters. The molecule has 1 aliphatic rings. The molecule has 3 N–H and O–H groups in total. The maximum absolute atomic E-state index is 12.9. The second-order valence-electron chi connectivity index (χ2n) is 9.74. The fourth-order valence-electron chi connectivity index (χ4n) is 4.75. The molecule has 3 aromatic rings. The lowest BCUT2D eigenvalue weighted by molar-refractivity contribution is 0.0950. The van der Waals surface area contributed by atoms with Gasteiger partial charge in [-0.25, -0.2) is 9.97 Å². The van der Waals surface area contributed by atoms with E-state index in [1.54, 1.807) is 17.5 Å². The van der Waals surface area contributed by atoms with Crippen molar-refractivity contribution in [2.24, 2.45) is 0 Å². The number of anilines is 1. The molecule has 1 saturated heterocycles. The minimum absolute atomic E-state index is 0.0155. The Morgan fingerprint density at radius 2 is 2.09 bits per heavy atom. The fraction of sp³-hybridized carbons (Fsp3) is 0.444. The van der Waals surface area contributed by atoms with Crippen LogP contribution in [0, 0.1) is 0 Å². The number of fused-ring (bicyclic) bond motifs is 1. The van der Waals surface area contributed by atoms with E-state index in [0.717, 1.165) is 58.8 Å². The Kier molecular flexibility index (Phi) is 7.72.